The lowest BCUT2D eigenvalue weighted by Gasteiger charge is -2.13. The minimum Gasteiger partial charge on any atom is -0.457 e. The molecule has 0 atom stereocenters. The van der Waals surface area contributed by atoms with E-state index in [1.165, 1.54) is 0 Å². The first-order chi connectivity index (χ1) is 10.1. The Kier molecular flexibility index (Phi) is 5.92. The van der Waals surface area contributed by atoms with E-state index in [0.717, 1.165) is 47.2 Å². The molecule has 0 aliphatic rings. The van der Waals surface area contributed by atoms with Crippen molar-refractivity contribution in [2.45, 2.75) is 26.8 Å². The molecule has 2 rings (SSSR count). The second-order valence-electron chi connectivity index (χ2n) is 4.94. The number of hydrogen-bond acceptors (Lipinski definition) is 2. The summed E-state index contributed by atoms with van der Waals surface area (Å²) in [6.45, 7) is 5.79. The fourth-order valence-corrected chi connectivity index (χ4v) is 2.31. The van der Waals surface area contributed by atoms with Gasteiger partial charge in [-0.3, -0.25) is 0 Å². The van der Waals surface area contributed by atoms with Crippen molar-refractivity contribution >= 4 is 23.2 Å². The van der Waals surface area contributed by atoms with Gasteiger partial charge in [0.05, 0.1) is 0 Å². The monoisotopic (exact) mass is 323 g/mol. The lowest BCUT2D eigenvalue weighted by Crippen LogP contribution is -2.14. The molecule has 0 aromatic heterocycles. The minimum atomic E-state index is 0.711. The van der Waals surface area contributed by atoms with E-state index in [9.17, 15) is 0 Å². The third-order valence-corrected chi connectivity index (χ3v) is 3.78. The molecule has 4 heteroatoms. The summed E-state index contributed by atoms with van der Waals surface area (Å²) in [7, 11) is 0. The normalized spacial score (nSPS) is 10.7. The zero-order valence-electron chi connectivity index (χ0n) is 12.2. The van der Waals surface area contributed by atoms with Gasteiger partial charge in [0.15, 0.2) is 0 Å². The number of rotatable bonds is 6. The first-order valence-corrected chi connectivity index (χ1v) is 7.79. The Balaban J connectivity index is 2.19. The lowest BCUT2D eigenvalue weighted by atomic mass is 10.2. The summed E-state index contributed by atoms with van der Waals surface area (Å²) in [5, 5.41) is 4.82. The van der Waals surface area contributed by atoms with Gasteiger partial charge in [0.1, 0.15) is 11.5 Å². The van der Waals surface area contributed by atoms with Crippen LogP contribution in [-0.2, 0) is 6.54 Å². The van der Waals surface area contributed by atoms with Crippen LogP contribution in [-0.4, -0.2) is 6.54 Å². The van der Waals surface area contributed by atoms with Crippen LogP contribution in [0.15, 0.2) is 36.4 Å². The van der Waals surface area contributed by atoms with E-state index in [4.69, 9.17) is 27.9 Å². The van der Waals surface area contributed by atoms with Crippen molar-refractivity contribution in [1.82, 2.24) is 5.32 Å². The van der Waals surface area contributed by atoms with Crippen molar-refractivity contribution in [1.29, 1.82) is 0 Å². The Morgan fingerprint density at radius 3 is 2.62 bits per heavy atom. The van der Waals surface area contributed by atoms with Crippen LogP contribution in [0.25, 0.3) is 0 Å². The van der Waals surface area contributed by atoms with E-state index in [2.05, 4.69) is 12.2 Å². The van der Waals surface area contributed by atoms with Crippen molar-refractivity contribution < 1.29 is 4.74 Å². The Morgan fingerprint density at radius 2 is 1.90 bits per heavy atom. The standard InChI is InChI=1S/C17H19Cl2NO/c1-3-8-20-11-13-10-14(18)4-7-17(13)21-15-5-6-16(19)12(2)9-15/h4-7,9-10,20H,3,8,11H2,1-2H3. The predicted molar refractivity (Wildman–Crippen MR) is 89.7 cm³/mol. The molecule has 0 fully saturated rings. The third kappa shape index (κ3) is 4.63. The molecule has 0 aliphatic carbocycles. The summed E-state index contributed by atoms with van der Waals surface area (Å²) in [5.41, 5.74) is 2.04. The summed E-state index contributed by atoms with van der Waals surface area (Å²) in [6, 6.07) is 11.3. The maximum absolute atomic E-state index is 6.08. The highest BCUT2D eigenvalue weighted by atomic mass is 35.5. The average Bonchev–Trinajstić information content (AvgIpc) is 2.46. The Bertz CT molecular complexity index is 614. The van der Waals surface area contributed by atoms with Crippen LogP contribution in [0, 0.1) is 6.92 Å². The van der Waals surface area contributed by atoms with Gasteiger partial charge in [-0.15, -0.1) is 0 Å². The molecule has 0 heterocycles. The highest BCUT2D eigenvalue weighted by Gasteiger charge is 2.07. The summed E-state index contributed by atoms with van der Waals surface area (Å²) in [6.07, 6.45) is 1.09. The number of benzene rings is 2. The molecule has 2 nitrogen and oxygen atoms in total. The molecule has 0 unspecified atom stereocenters. The van der Waals surface area contributed by atoms with Crippen LogP contribution in [0.1, 0.15) is 24.5 Å². The largest absolute Gasteiger partial charge is 0.457 e. The van der Waals surface area contributed by atoms with Gasteiger partial charge < -0.3 is 10.1 Å². The molecular formula is C17H19Cl2NO. The smallest absolute Gasteiger partial charge is 0.132 e. The number of hydrogen-bond donors (Lipinski definition) is 1. The van der Waals surface area contributed by atoms with Gasteiger partial charge in [0, 0.05) is 22.2 Å². The van der Waals surface area contributed by atoms with Crippen LogP contribution < -0.4 is 10.1 Å². The molecule has 1 N–H and O–H groups in total. The third-order valence-electron chi connectivity index (χ3n) is 3.12. The van der Waals surface area contributed by atoms with Gasteiger partial charge in [-0.1, -0.05) is 30.1 Å². The molecule has 0 radical (unpaired) electrons. The van der Waals surface area contributed by atoms with Crippen molar-refractivity contribution in [3.05, 3.63) is 57.6 Å². The fraction of sp³-hybridized carbons (Fsp3) is 0.294. The van der Waals surface area contributed by atoms with Gasteiger partial charge in [0.25, 0.3) is 0 Å². The molecule has 0 spiro atoms. The van der Waals surface area contributed by atoms with Crippen LogP contribution in [0.3, 0.4) is 0 Å². The summed E-state index contributed by atoms with van der Waals surface area (Å²) < 4.78 is 5.97. The van der Waals surface area contributed by atoms with Crippen molar-refractivity contribution in [2.75, 3.05) is 6.54 Å². The van der Waals surface area contributed by atoms with Crippen molar-refractivity contribution in [3.63, 3.8) is 0 Å². The molecule has 2 aromatic rings. The number of ether oxygens (including phenoxy) is 1. The molecule has 0 bridgehead atoms. The molecule has 0 amide bonds. The number of nitrogens with one attached hydrogen (secondary N) is 1. The highest BCUT2D eigenvalue weighted by Crippen LogP contribution is 2.30. The zero-order chi connectivity index (χ0) is 15.2. The Morgan fingerprint density at radius 1 is 1.10 bits per heavy atom. The fourth-order valence-electron chi connectivity index (χ4n) is 1.99. The quantitative estimate of drug-likeness (QED) is 0.699. The summed E-state index contributed by atoms with van der Waals surface area (Å²) >= 11 is 12.1. The first-order valence-electron chi connectivity index (χ1n) is 7.03. The average molecular weight is 324 g/mol. The van der Waals surface area contributed by atoms with E-state index < -0.39 is 0 Å². The maximum atomic E-state index is 6.08. The molecule has 0 saturated heterocycles. The summed E-state index contributed by atoms with van der Waals surface area (Å²) in [5.74, 6) is 1.58. The predicted octanol–water partition coefficient (Wildman–Crippen LogP) is 5.59. The van der Waals surface area contributed by atoms with Gasteiger partial charge in [-0.2, -0.15) is 0 Å². The summed E-state index contributed by atoms with van der Waals surface area (Å²) in [4.78, 5) is 0. The molecule has 0 aliphatic heterocycles. The van der Waals surface area contributed by atoms with Gasteiger partial charge >= 0.3 is 0 Å². The second kappa shape index (κ2) is 7.69. The van der Waals surface area contributed by atoms with Crippen LogP contribution in [0.5, 0.6) is 11.5 Å². The highest BCUT2D eigenvalue weighted by molar-refractivity contribution is 6.31. The second-order valence-corrected chi connectivity index (χ2v) is 5.79. The number of aryl methyl sites for hydroxylation is 1. The van der Waals surface area contributed by atoms with Crippen molar-refractivity contribution in [3.8, 4) is 11.5 Å². The van der Waals surface area contributed by atoms with E-state index in [1.807, 2.05) is 43.3 Å². The number of halogens is 2. The van der Waals surface area contributed by atoms with Gasteiger partial charge in [-0.25, -0.2) is 0 Å². The first kappa shape index (κ1) is 16.2. The zero-order valence-corrected chi connectivity index (χ0v) is 13.8. The Labute approximate surface area is 136 Å². The Hall–Kier alpha value is -1.22. The SMILES string of the molecule is CCCNCc1cc(Cl)ccc1Oc1ccc(Cl)c(C)c1. The van der Waals surface area contributed by atoms with E-state index in [0.29, 0.717) is 5.02 Å². The van der Waals surface area contributed by atoms with Gasteiger partial charge in [-0.05, 0) is 61.9 Å². The maximum Gasteiger partial charge on any atom is 0.132 e. The lowest BCUT2D eigenvalue weighted by molar-refractivity contribution is 0.472. The van der Waals surface area contributed by atoms with E-state index >= 15 is 0 Å². The minimum absolute atomic E-state index is 0.711. The molecule has 112 valence electrons. The van der Waals surface area contributed by atoms with E-state index in [1.54, 1.807) is 0 Å². The topological polar surface area (TPSA) is 21.3 Å². The molecule has 2 aromatic carbocycles. The molecule has 21 heavy (non-hydrogen) atoms. The molecular weight excluding hydrogens is 305 g/mol. The van der Waals surface area contributed by atoms with E-state index in [-0.39, 0.29) is 0 Å². The van der Waals surface area contributed by atoms with Crippen LogP contribution in [0.2, 0.25) is 10.0 Å². The van der Waals surface area contributed by atoms with Crippen molar-refractivity contribution in [2.24, 2.45) is 0 Å². The van der Waals surface area contributed by atoms with Gasteiger partial charge in [0.2, 0.25) is 0 Å². The van der Waals surface area contributed by atoms with Crippen LogP contribution in [0.4, 0.5) is 0 Å². The molecule has 0 saturated carbocycles. The van der Waals surface area contributed by atoms with Crippen LogP contribution >= 0.6 is 23.2 Å².